The molecule has 2 amide bonds. The van der Waals surface area contributed by atoms with Crippen molar-refractivity contribution >= 4 is 17.7 Å². The Hall–Kier alpha value is -3.22. The Bertz CT molecular complexity index is 989. The first-order chi connectivity index (χ1) is 15.2. The van der Waals surface area contributed by atoms with Crippen molar-refractivity contribution < 1.29 is 19.1 Å². The number of nitrogens with zero attached hydrogens (tertiary/aromatic N) is 3. The van der Waals surface area contributed by atoms with E-state index in [1.165, 1.54) is 0 Å². The van der Waals surface area contributed by atoms with Crippen LogP contribution in [0.1, 0.15) is 42.3 Å². The molecule has 0 unspecified atom stereocenters. The molecule has 32 heavy (non-hydrogen) atoms. The van der Waals surface area contributed by atoms with Gasteiger partial charge in [-0.3, -0.25) is 4.79 Å². The Morgan fingerprint density at radius 2 is 1.69 bits per heavy atom. The number of ether oxygens (including phenoxy) is 2. The van der Waals surface area contributed by atoms with Crippen LogP contribution in [0.15, 0.2) is 42.5 Å². The van der Waals surface area contributed by atoms with Crippen LogP contribution in [0.4, 0.5) is 10.5 Å². The molecule has 1 fully saturated rings. The van der Waals surface area contributed by atoms with Crippen molar-refractivity contribution in [2.45, 2.75) is 39.5 Å². The normalized spacial score (nSPS) is 16.2. The zero-order valence-electron chi connectivity index (χ0n) is 19.3. The van der Waals surface area contributed by atoms with Crippen LogP contribution in [-0.4, -0.2) is 60.7 Å². The zero-order valence-corrected chi connectivity index (χ0v) is 19.3. The third-order valence-corrected chi connectivity index (χ3v) is 5.80. The van der Waals surface area contributed by atoms with E-state index in [1.807, 2.05) is 56.0 Å². The van der Waals surface area contributed by atoms with E-state index in [0.717, 1.165) is 28.1 Å². The summed E-state index contributed by atoms with van der Waals surface area (Å²) >= 11 is 0. The van der Waals surface area contributed by atoms with Gasteiger partial charge in [0.15, 0.2) is 0 Å². The number of carbonyl (C=O) groups is 2. The molecule has 0 aromatic heterocycles. The van der Waals surface area contributed by atoms with Crippen LogP contribution in [-0.2, 0) is 17.8 Å². The molecule has 0 N–H and O–H groups in total. The quantitative estimate of drug-likeness (QED) is 0.726. The highest BCUT2D eigenvalue weighted by Crippen LogP contribution is 2.29. The second-order valence-corrected chi connectivity index (χ2v) is 9.31. The summed E-state index contributed by atoms with van der Waals surface area (Å²) in [7, 11) is 1.64. The minimum Gasteiger partial charge on any atom is -0.497 e. The summed E-state index contributed by atoms with van der Waals surface area (Å²) in [6.07, 6.45) is -0.268. The molecule has 2 aliphatic rings. The van der Waals surface area contributed by atoms with Crippen molar-refractivity contribution in [1.82, 2.24) is 9.80 Å². The topological polar surface area (TPSA) is 62.3 Å². The molecular weight excluding hydrogens is 406 g/mol. The van der Waals surface area contributed by atoms with E-state index >= 15 is 0 Å². The monoisotopic (exact) mass is 437 g/mol. The van der Waals surface area contributed by atoms with E-state index in [4.69, 9.17) is 9.47 Å². The number of benzene rings is 2. The zero-order chi connectivity index (χ0) is 22.9. The van der Waals surface area contributed by atoms with Gasteiger partial charge in [-0.05, 0) is 56.2 Å². The fourth-order valence-electron chi connectivity index (χ4n) is 4.10. The maximum Gasteiger partial charge on any atom is 0.410 e. The number of piperazine rings is 1. The molecule has 0 bridgehead atoms. The Morgan fingerprint density at radius 1 is 1.00 bits per heavy atom. The first kappa shape index (κ1) is 22.0. The van der Waals surface area contributed by atoms with E-state index in [-0.39, 0.29) is 12.0 Å². The number of hydrogen-bond donors (Lipinski definition) is 0. The van der Waals surface area contributed by atoms with Gasteiger partial charge in [0.2, 0.25) is 0 Å². The lowest BCUT2D eigenvalue weighted by Crippen LogP contribution is -2.50. The van der Waals surface area contributed by atoms with Crippen molar-refractivity contribution in [1.29, 1.82) is 0 Å². The predicted molar refractivity (Wildman–Crippen MR) is 123 cm³/mol. The van der Waals surface area contributed by atoms with Crippen LogP contribution in [0.2, 0.25) is 0 Å². The third-order valence-electron chi connectivity index (χ3n) is 5.80. The molecule has 0 atom stereocenters. The smallest absolute Gasteiger partial charge is 0.410 e. The highest BCUT2D eigenvalue weighted by Gasteiger charge is 2.30. The van der Waals surface area contributed by atoms with Gasteiger partial charge in [0.05, 0.1) is 7.11 Å². The standard InChI is InChI=1S/C25H31N3O4/c1-25(2,3)32-24(30)27-13-11-26(12-14-27)20-8-7-19-17-28(23(29)22(19)15-20)16-18-5-9-21(31-4)10-6-18/h5-10,15H,11-14,16-17H2,1-4H3. The molecule has 0 radical (unpaired) electrons. The van der Waals surface area contributed by atoms with Crippen molar-refractivity contribution in [3.63, 3.8) is 0 Å². The Kier molecular flexibility index (Phi) is 6.00. The Morgan fingerprint density at radius 3 is 2.31 bits per heavy atom. The Labute approximate surface area is 189 Å². The SMILES string of the molecule is COc1ccc(CN2Cc3ccc(N4CCN(C(=O)OC(C)(C)C)CC4)cc3C2=O)cc1. The number of fused-ring (bicyclic) bond motifs is 1. The summed E-state index contributed by atoms with van der Waals surface area (Å²) in [5.41, 5.74) is 3.43. The highest BCUT2D eigenvalue weighted by molar-refractivity contribution is 5.99. The minimum atomic E-state index is -0.494. The number of anilines is 1. The summed E-state index contributed by atoms with van der Waals surface area (Å²) in [5, 5.41) is 0. The van der Waals surface area contributed by atoms with Crippen LogP contribution < -0.4 is 9.64 Å². The Balaban J connectivity index is 1.38. The largest absolute Gasteiger partial charge is 0.497 e. The number of methoxy groups -OCH3 is 1. The van der Waals surface area contributed by atoms with Crippen molar-refractivity contribution in [3.05, 3.63) is 59.2 Å². The maximum atomic E-state index is 13.0. The summed E-state index contributed by atoms with van der Waals surface area (Å²) in [6.45, 7) is 9.44. The van der Waals surface area contributed by atoms with Gasteiger partial charge in [-0.2, -0.15) is 0 Å². The molecule has 0 aliphatic carbocycles. The molecule has 2 heterocycles. The molecule has 2 aromatic rings. The van der Waals surface area contributed by atoms with E-state index < -0.39 is 5.60 Å². The molecule has 170 valence electrons. The first-order valence-electron chi connectivity index (χ1n) is 11.0. The van der Waals surface area contributed by atoms with Crippen LogP contribution in [0.25, 0.3) is 0 Å². The maximum absolute atomic E-state index is 13.0. The summed E-state index contributed by atoms with van der Waals surface area (Å²) in [4.78, 5) is 31.2. The van der Waals surface area contributed by atoms with E-state index in [0.29, 0.717) is 39.3 Å². The lowest BCUT2D eigenvalue weighted by molar-refractivity contribution is 0.0240. The molecular formula is C25H31N3O4. The van der Waals surface area contributed by atoms with Gasteiger partial charge in [-0.1, -0.05) is 18.2 Å². The van der Waals surface area contributed by atoms with Gasteiger partial charge >= 0.3 is 6.09 Å². The molecule has 1 saturated heterocycles. The lowest BCUT2D eigenvalue weighted by atomic mass is 10.1. The fraction of sp³-hybridized carbons (Fsp3) is 0.440. The van der Waals surface area contributed by atoms with Crippen LogP contribution in [0.3, 0.4) is 0 Å². The lowest BCUT2D eigenvalue weighted by Gasteiger charge is -2.36. The number of hydrogen-bond acceptors (Lipinski definition) is 5. The molecule has 7 heteroatoms. The van der Waals surface area contributed by atoms with Crippen molar-refractivity contribution in [2.75, 3.05) is 38.2 Å². The minimum absolute atomic E-state index is 0.0602. The van der Waals surface area contributed by atoms with Gasteiger partial charge in [0.1, 0.15) is 11.4 Å². The van der Waals surface area contributed by atoms with E-state index in [9.17, 15) is 9.59 Å². The first-order valence-corrected chi connectivity index (χ1v) is 11.0. The number of amides is 2. The number of rotatable bonds is 4. The van der Waals surface area contributed by atoms with Crippen LogP contribution in [0.5, 0.6) is 5.75 Å². The third kappa shape index (κ3) is 4.82. The molecule has 0 spiro atoms. The molecule has 2 aliphatic heterocycles. The van der Waals surface area contributed by atoms with E-state index in [2.05, 4.69) is 17.0 Å². The van der Waals surface area contributed by atoms with Gasteiger partial charge in [-0.25, -0.2) is 4.79 Å². The van der Waals surface area contributed by atoms with E-state index in [1.54, 1.807) is 12.0 Å². The second kappa shape index (κ2) is 8.73. The summed E-state index contributed by atoms with van der Waals surface area (Å²) < 4.78 is 10.7. The average molecular weight is 438 g/mol. The van der Waals surface area contributed by atoms with Gasteiger partial charge in [-0.15, -0.1) is 0 Å². The number of carbonyl (C=O) groups excluding carboxylic acids is 2. The van der Waals surface area contributed by atoms with Crippen LogP contribution in [0, 0.1) is 0 Å². The fourth-order valence-corrected chi connectivity index (χ4v) is 4.10. The van der Waals surface area contributed by atoms with Gasteiger partial charge in [0.25, 0.3) is 5.91 Å². The molecule has 2 aromatic carbocycles. The molecule has 4 rings (SSSR count). The molecule has 0 saturated carbocycles. The van der Waals surface area contributed by atoms with Gasteiger partial charge in [0, 0.05) is 50.5 Å². The molecule has 7 nitrogen and oxygen atoms in total. The van der Waals surface area contributed by atoms with Crippen molar-refractivity contribution in [3.8, 4) is 5.75 Å². The van der Waals surface area contributed by atoms with Gasteiger partial charge < -0.3 is 24.2 Å². The summed E-state index contributed by atoms with van der Waals surface area (Å²) in [5.74, 6) is 0.867. The highest BCUT2D eigenvalue weighted by atomic mass is 16.6. The van der Waals surface area contributed by atoms with Crippen molar-refractivity contribution in [2.24, 2.45) is 0 Å². The summed E-state index contributed by atoms with van der Waals surface area (Å²) in [6, 6.07) is 13.9. The predicted octanol–water partition coefficient (Wildman–Crippen LogP) is 3.91. The van der Waals surface area contributed by atoms with Crippen LogP contribution >= 0.6 is 0 Å². The second-order valence-electron chi connectivity index (χ2n) is 9.31. The average Bonchev–Trinajstić information content (AvgIpc) is 3.08.